The maximum Gasteiger partial charge on any atom is 0.326 e. The third-order valence-corrected chi connectivity index (χ3v) is 6.36. The first-order chi connectivity index (χ1) is 16.0. The van der Waals surface area contributed by atoms with Gasteiger partial charge in [-0.1, -0.05) is 60.1 Å². The van der Waals surface area contributed by atoms with E-state index in [9.17, 15) is 14.7 Å². The number of methoxy groups -OCH3 is 2. The van der Waals surface area contributed by atoms with Gasteiger partial charge in [-0.05, 0) is 47.7 Å². The number of rotatable bonds is 6. The molecular weight excluding hydrogens is 442 g/mol. The minimum absolute atomic E-state index is 0.258. The van der Waals surface area contributed by atoms with Gasteiger partial charge in [0.1, 0.15) is 6.04 Å². The topological polar surface area (TPSA) is 76.1 Å². The third kappa shape index (κ3) is 4.14. The molecule has 1 amide bonds. The van der Waals surface area contributed by atoms with E-state index in [1.807, 2.05) is 42.5 Å². The molecule has 3 aromatic rings. The van der Waals surface area contributed by atoms with Crippen molar-refractivity contribution in [3.8, 4) is 22.6 Å². The minimum Gasteiger partial charge on any atom is -0.493 e. The van der Waals surface area contributed by atoms with Gasteiger partial charge in [0.15, 0.2) is 11.5 Å². The van der Waals surface area contributed by atoms with Crippen LogP contribution in [0.1, 0.15) is 34.8 Å². The molecule has 7 heteroatoms. The molecule has 3 aromatic carbocycles. The molecule has 33 heavy (non-hydrogen) atoms. The molecule has 1 heterocycles. The Hall–Kier alpha value is -3.51. The van der Waals surface area contributed by atoms with E-state index in [0.29, 0.717) is 29.2 Å². The molecule has 4 rings (SSSR count). The lowest BCUT2D eigenvalue weighted by atomic mass is 9.96. The summed E-state index contributed by atoms with van der Waals surface area (Å²) in [4.78, 5) is 27.8. The number of carbonyl (C=O) groups is 2. The summed E-state index contributed by atoms with van der Waals surface area (Å²) in [7, 11) is 2.96. The second-order valence-electron chi connectivity index (χ2n) is 7.77. The Bertz CT molecular complexity index is 1180. The Morgan fingerprint density at radius 3 is 2.27 bits per heavy atom. The molecule has 0 spiro atoms. The average Bonchev–Trinajstić information content (AvgIpc) is 3.28. The molecule has 0 radical (unpaired) electrons. The number of aliphatic carboxylic acids is 1. The number of hydrogen-bond acceptors (Lipinski definition) is 4. The molecule has 0 aliphatic carbocycles. The highest BCUT2D eigenvalue weighted by Gasteiger charge is 2.44. The second kappa shape index (κ2) is 9.55. The van der Waals surface area contributed by atoms with Gasteiger partial charge in [0.05, 0.1) is 25.8 Å². The number of ether oxygens (including phenoxy) is 2. The number of halogens is 1. The highest BCUT2D eigenvalue weighted by Crippen LogP contribution is 2.44. The molecule has 6 nitrogen and oxygen atoms in total. The van der Waals surface area contributed by atoms with Gasteiger partial charge in [-0.3, -0.25) is 4.79 Å². The van der Waals surface area contributed by atoms with E-state index in [-0.39, 0.29) is 11.3 Å². The molecule has 1 N–H and O–H groups in total. The molecule has 170 valence electrons. The SMILES string of the molecule is COc1ccc(-c2ccccc2)c(C(=O)N2C(C(=O)O)CCC2c2ccccc2Cl)c1OC. The Kier molecular flexibility index (Phi) is 6.56. The molecule has 0 aromatic heterocycles. The number of carboxylic acids is 1. The summed E-state index contributed by atoms with van der Waals surface area (Å²) in [5, 5.41) is 10.4. The fourth-order valence-corrected chi connectivity index (χ4v) is 4.78. The number of amides is 1. The van der Waals surface area contributed by atoms with Crippen LogP contribution in [0.15, 0.2) is 66.7 Å². The largest absolute Gasteiger partial charge is 0.493 e. The standard InChI is InChI=1S/C26H24ClNO5/c1-32-22-15-12-17(16-8-4-3-5-9-16)23(24(22)33-2)25(29)28-20(13-14-21(28)26(30)31)18-10-6-7-11-19(18)27/h3-12,15,20-21H,13-14H2,1-2H3,(H,30,31). The van der Waals surface area contributed by atoms with Crippen LogP contribution in [0, 0.1) is 0 Å². The van der Waals surface area contributed by atoms with Crippen LogP contribution in [0.2, 0.25) is 5.02 Å². The van der Waals surface area contributed by atoms with E-state index in [2.05, 4.69) is 0 Å². The molecular formula is C26H24ClNO5. The lowest BCUT2D eigenvalue weighted by Gasteiger charge is -2.31. The second-order valence-corrected chi connectivity index (χ2v) is 8.18. The summed E-state index contributed by atoms with van der Waals surface area (Å²) >= 11 is 6.45. The first-order valence-corrected chi connectivity index (χ1v) is 11.0. The summed E-state index contributed by atoms with van der Waals surface area (Å²) in [6, 6.07) is 18.7. The number of carboxylic acid groups (broad SMARTS) is 1. The van der Waals surface area contributed by atoms with Gasteiger partial charge >= 0.3 is 5.97 Å². The highest BCUT2D eigenvalue weighted by atomic mass is 35.5. The minimum atomic E-state index is -1.05. The fourth-order valence-electron chi connectivity index (χ4n) is 4.51. The molecule has 1 aliphatic rings. The van der Waals surface area contributed by atoms with E-state index in [1.54, 1.807) is 24.3 Å². The number of likely N-dealkylation sites (tertiary alicyclic amines) is 1. The monoisotopic (exact) mass is 465 g/mol. The van der Waals surface area contributed by atoms with Gasteiger partial charge in [0.2, 0.25) is 0 Å². The van der Waals surface area contributed by atoms with E-state index in [0.717, 1.165) is 11.1 Å². The first kappa shape index (κ1) is 22.7. The van der Waals surface area contributed by atoms with Crippen LogP contribution in [0.4, 0.5) is 0 Å². The Morgan fingerprint density at radius 1 is 0.939 bits per heavy atom. The van der Waals surface area contributed by atoms with Crippen molar-refractivity contribution in [2.24, 2.45) is 0 Å². The van der Waals surface area contributed by atoms with Gasteiger partial charge in [0, 0.05) is 5.02 Å². The smallest absolute Gasteiger partial charge is 0.326 e. The zero-order valence-corrected chi connectivity index (χ0v) is 19.1. The summed E-state index contributed by atoms with van der Waals surface area (Å²) in [6.07, 6.45) is 0.809. The quantitative estimate of drug-likeness (QED) is 0.523. The third-order valence-electron chi connectivity index (χ3n) is 6.01. The van der Waals surface area contributed by atoms with Crippen LogP contribution in [0.25, 0.3) is 11.1 Å². The lowest BCUT2D eigenvalue weighted by molar-refractivity contribution is -0.141. The Labute approximate surface area is 197 Å². The van der Waals surface area contributed by atoms with E-state index in [1.165, 1.54) is 19.1 Å². The maximum absolute atomic E-state index is 14.2. The van der Waals surface area contributed by atoms with Crippen LogP contribution >= 0.6 is 11.6 Å². The molecule has 0 saturated carbocycles. The molecule has 2 atom stereocenters. The first-order valence-electron chi connectivity index (χ1n) is 10.6. The predicted octanol–water partition coefficient (Wildman–Crippen LogP) is 5.45. The van der Waals surface area contributed by atoms with Crippen molar-refractivity contribution in [3.05, 3.63) is 82.9 Å². The fraction of sp³-hybridized carbons (Fsp3) is 0.231. The number of hydrogen-bond donors (Lipinski definition) is 1. The molecule has 2 unspecified atom stereocenters. The predicted molar refractivity (Wildman–Crippen MR) is 126 cm³/mol. The molecule has 0 bridgehead atoms. The van der Waals surface area contributed by atoms with Gasteiger partial charge in [-0.2, -0.15) is 0 Å². The average molecular weight is 466 g/mol. The van der Waals surface area contributed by atoms with Crippen LogP contribution < -0.4 is 9.47 Å². The maximum atomic E-state index is 14.2. The van der Waals surface area contributed by atoms with Crippen molar-refractivity contribution in [1.29, 1.82) is 0 Å². The van der Waals surface area contributed by atoms with Gasteiger partial charge in [-0.25, -0.2) is 4.79 Å². The summed E-state index contributed by atoms with van der Waals surface area (Å²) in [6.45, 7) is 0. The molecule has 1 aliphatic heterocycles. The number of carbonyl (C=O) groups excluding carboxylic acids is 1. The summed E-state index contributed by atoms with van der Waals surface area (Å²) in [5.41, 5.74) is 2.42. The Morgan fingerprint density at radius 2 is 1.64 bits per heavy atom. The van der Waals surface area contributed by atoms with E-state index >= 15 is 0 Å². The van der Waals surface area contributed by atoms with Crippen LogP contribution in [0.5, 0.6) is 11.5 Å². The van der Waals surface area contributed by atoms with Gasteiger partial charge in [0.25, 0.3) is 5.91 Å². The van der Waals surface area contributed by atoms with Crippen LogP contribution in [-0.4, -0.2) is 42.1 Å². The molecule has 1 fully saturated rings. The summed E-state index contributed by atoms with van der Waals surface area (Å²) in [5.74, 6) is -0.848. The van der Waals surface area contributed by atoms with Crippen molar-refractivity contribution in [2.45, 2.75) is 24.9 Å². The van der Waals surface area contributed by atoms with E-state index in [4.69, 9.17) is 21.1 Å². The number of benzene rings is 3. The van der Waals surface area contributed by atoms with Crippen LogP contribution in [-0.2, 0) is 4.79 Å². The lowest BCUT2D eigenvalue weighted by Crippen LogP contribution is -2.42. The highest BCUT2D eigenvalue weighted by molar-refractivity contribution is 6.31. The van der Waals surface area contributed by atoms with Crippen molar-refractivity contribution < 1.29 is 24.2 Å². The van der Waals surface area contributed by atoms with Crippen molar-refractivity contribution in [2.75, 3.05) is 14.2 Å². The number of nitrogens with zero attached hydrogens (tertiary/aromatic N) is 1. The van der Waals surface area contributed by atoms with Crippen LogP contribution in [0.3, 0.4) is 0 Å². The van der Waals surface area contributed by atoms with Crippen molar-refractivity contribution >= 4 is 23.5 Å². The summed E-state index contributed by atoms with van der Waals surface area (Å²) < 4.78 is 11.1. The van der Waals surface area contributed by atoms with E-state index < -0.39 is 24.0 Å². The normalized spacial score (nSPS) is 17.6. The van der Waals surface area contributed by atoms with Gasteiger partial charge in [-0.15, -0.1) is 0 Å². The Balaban J connectivity index is 1.92. The van der Waals surface area contributed by atoms with Crippen molar-refractivity contribution in [1.82, 2.24) is 4.90 Å². The zero-order valence-electron chi connectivity index (χ0n) is 18.3. The van der Waals surface area contributed by atoms with Crippen molar-refractivity contribution in [3.63, 3.8) is 0 Å². The van der Waals surface area contributed by atoms with Gasteiger partial charge < -0.3 is 19.5 Å². The molecule has 1 saturated heterocycles. The zero-order chi connectivity index (χ0) is 23.5.